The van der Waals surface area contributed by atoms with Gasteiger partial charge in [-0.3, -0.25) is 9.48 Å². The molecule has 0 saturated carbocycles. The van der Waals surface area contributed by atoms with Gasteiger partial charge in [-0.1, -0.05) is 0 Å². The molecule has 164 valence electrons. The Hall–Kier alpha value is -3.08. The number of rotatable bonds is 4. The Kier molecular flexibility index (Phi) is 4.47. The zero-order valence-corrected chi connectivity index (χ0v) is 17.4. The first-order chi connectivity index (χ1) is 14.7. The van der Waals surface area contributed by atoms with E-state index in [4.69, 9.17) is 4.74 Å². The summed E-state index contributed by atoms with van der Waals surface area (Å²) in [5.74, 6) is 0.174. The molecule has 0 spiro atoms. The van der Waals surface area contributed by atoms with Crippen molar-refractivity contribution in [3.63, 3.8) is 0 Å². The molecule has 0 aliphatic carbocycles. The molecule has 5 rings (SSSR count). The maximum absolute atomic E-state index is 13.5. The molecule has 3 aromatic rings. The van der Waals surface area contributed by atoms with Crippen molar-refractivity contribution in [2.45, 2.75) is 51.3 Å². The van der Waals surface area contributed by atoms with Crippen LogP contribution in [0.4, 0.5) is 20.3 Å². The number of hydrogen-bond acceptors (Lipinski definition) is 6. The smallest absolute Gasteiger partial charge is 0.284 e. The lowest BCUT2D eigenvalue weighted by atomic mass is 10.1. The summed E-state index contributed by atoms with van der Waals surface area (Å²) >= 11 is 0. The van der Waals surface area contributed by atoms with Gasteiger partial charge in [-0.2, -0.15) is 10.2 Å². The van der Waals surface area contributed by atoms with Crippen molar-refractivity contribution in [2.75, 3.05) is 23.4 Å². The van der Waals surface area contributed by atoms with E-state index in [0.29, 0.717) is 12.3 Å². The van der Waals surface area contributed by atoms with Gasteiger partial charge in [0, 0.05) is 18.9 Å². The first-order valence-electron chi connectivity index (χ1n) is 10.1. The molecule has 2 aliphatic heterocycles. The largest absolute Gasteiger partial charge is 0.374 e. The van der Waals surface area contributed by atoms with Crippen molar-refractivity contribution in [3.05, 3.63) is 35.9 Å². The quantitative estimate of drug-likeness (QED) is 0.683. The van der Waals surface area contributed by atoms with Crippen LogP contribution >= 0.6 is 0 Å². The summed E-state index contributed by atoms with van der Waals surface area (Å²) in [6.45, 7) is 6.94. The van der Waals surface area contributed by atoms with Crippen LogP contribution in [-0.4, -0.2) is 55.6 Å². The maximum atomic E-state index is 13.5. The summed E-state index contributed by atoms with van der Waals surface area (Å²) < 4.78 is 35.6. The van der Waals surface area contributed by atoms with Gasteiger partial charge in [-0.15, -0.1) is 0 Å². The number of morpholine rings is 1. The Balaban J connectivity index is 1.45. The van der Waals surface area contributed by atoms with Crippen molar-refractivity contribution >= 4 is 23.1 Å². The highest BCUT2D eigenvalue weighted by molar-refractivity contribution is 6.08. The summed E-state index contributed by atoms with van der Waals surface area (Å²) in [4.78, 5) is 19.8. The van der Waals surface area contributed by atoms with E-state index in [1.807, 2.05) is 26.8 Å². The molecule has 2 atom stereocenters. The van der Waals surface area contributed by atoms with Gasteiger partial charge in [-0.25, -0.2) is 18.3 Å². The van der Waals surface area contributed by atoms with E-state index in [0.717, 1.165) is 18.8 Å². The molecule has 3 aromatic heterocycles. The minimum Gasteiger partial charge on any atom is -0.374 e. The number of anilines is 2. The molecule has 31 heavy (non-hydrogen) atoms. The van der Waals surface area contributed by atoms with Gasteiger partial charge in [0.2, 0.25) is 0 Å². The molecular formula is C20H23F2N7O2. The average molecular weight is 431 g/mol. The highest BCUT2D eigenvalue weighted by Gasteiger charge is 2.39. The molecule has 2 saturated heterocycles. The lowest BCUT2D eigenvalue weighted by Gasteiger charge is -2.27. The van der Waals surface area contributed by atoms with E-state index in [-0.39, 0.29) is 23.4 Å². The van der Waals surface area contributed by atoms with Gasteiger partial charge in [0.1, 0.15) is 11.4 Å². The average Bonchev–Trinajstić information content (AvgIpc) is 3.48. The topological polar surface area (TPSA) is 89.6 Å². The van der Waals surface area contributed by atoms with Crippen LogP contribution < -0.4 is 10.2 Å². The summed E-state index contributed by atoms with van der Waals surface area (Å²) in [7, 11) is 0. The van der Waals surface area contributed by atoms with Crippen LogP contribution in [0, 0.1) is 0 Å². The molecular weight excluding hydrogens is 408 g/mol. The fourth-order valence-corrected chi connectivity index (χ4v) is 4.04. The van der Waals surface area contributed by atoms with Crippen molar-refractivity contribution in [2.24, 2.45) is 0 Å². The monoisotopic (exact) mass is 431 g/mol. The Labute approximate surface area is 177 Å². The SMILES string of the molecule is CC(C)(C)n1cc(NC(=O)c2cnn3ccc(N4C[C@@H]5C[C@H]4CO5)nc23)c(C(F)F)n1. The number of halogens is 2. The third-order valence-corrected chi connectivity index (χ3v) is 5.68. The number of nitrogens with zero attached hydrogens (tertiary/aromatic N) is 6. The van der Waals surface area contributed by atoms with E-state index in [1.165, 1.54) is 21.6 Å². The molecule has 2 aliphatic rings. The van der Waals surface area contributed by atoms with Crippen LogP contribution in [-0.2, 0) is 10.3 Å². The Bertz CT molecular complexity index is 1150. The highest BCUT2D eigenvalue weighted by atomic mass is 19.3. The van der Waals surface area contributed by atoms with Crippen LogP contribution in [0.5, 0.6) is 0 Å². The van der Waals surface area contributed by atoms with Gasteiger partial charge in [0.25, 0.3) is 12.3 Å². The molecule has 0 radical (unpaired) electrons. The number of amides is 1. The first kappa shape index (κ1) is 19.9. The van der Waals surface area contributed by atoms with Crippen molar-refractivity contribution < 1.29 is 18.3 Å². The second kappa shape index (κ2) is 6.98. The number of nitrogens with one attached hydrogen (secondary N) is 1. The van der Waals surface area contributed by atoms with Crippen molar-refractivity contribution in [1.82, 2.24) is 24.4 Å². The molecule has 0 unspecified atom stereocenters. The summed E-state index contributed by atoms with van der Waals surface area (Å²) in [6.07, 6.45) is 2.90. The summed E-state index contributed by atoms with van der Waals surface area (Å²) in [5.41, 5.74) is -0.445. The van der Waals surface area contributed by atoms with Crippen LogP contribution in [0.25, 0.3) is 5.65 Å². The van der Waals surface area contributed by atoms with Crippen LogP contribution in [0.1, 0.15) is 49.7 Å². The third kappa shape index (κ3) is 3.42. The Morgan fingerprint density at radius 3 is 2.81 bits per heavy atom. The molecule has 9 nitrogen and oxygen atoms in total. The Morgan fingerprint density at radius 2 is 2.16 bits per heavy atom. The van der Waals surface area contributed by atoms with Gasteiger partial charge < -0.3 is 15.0 Å². The zero-order valence-electron chi connectivity index (χ0n) is 17.4. The third-order valence-electron chi connectivity index (χ3n) is 5.68. The molecule has 2 bridgehead atoms. The van der Waals surface area contributed by atoms with Crippen LogP contribution in [0.15, 0.2) is 24.7 Å². The Morgan fingerprint density at radius 1 is 1.35 bits per heavy atom. The van der Waals surface area contributed by atoms with E-state index in [9.17, 15) is 13.6 Å². The number of carbonyl (C=O) groups excluding carboxylic acids is 1. The van der Waals surface area contributed by atoms with Gasteiger partial charge >= 0.3 is 0 Å². The number of aromatic nitrogens is 5. The van der Waals surface area contributed by atoms with E-state index >= 15 is 0 Å². The van der Waals surface area contributed by atoms with Gasteiger partial charge in [0.15, 0.2) is 11.3 Å². The van der Waals surface area contributed by atoms with Crippen molar-refractivity contribution in [1.29, 1.82) is 0 Å². The predicted octanol–water partition coefficient (Wildman–Crippen LogP) is 2.85. The highest BCUT2D eigenvalue weighted by Crippen LogP contribution is 2.32. The van der Waals surface area contributed by atoms with E-state index in [2.05, 4.69) is 25.4 Å². The van der Waals surface area contributed by atoms with E-state index < -0.39 is 23.6 Å². The van der Waals surface area contributed by atoms with Crippen LogP contribution in [0.3, 0.4) is 0 Å². The maximum Gasteiger partial charge on any atom is 0.284 e. The fraction of sp³-hybridized carbons (Fsp3) is 0.500. The van der Waals surface area contributed by atoms with Crippen molar-refractivity contribution in [3.8, 4) is 0 Å². The standard InChI is InChI=1S/C20H23F2N7O2/c1-20(2,3)29-9-14(16(26-29)17(21)22)24-19(30)13-7-23-28-5-4-15(25-18(13)28)27-8-12-6-11(27)10-31-12/h4-5,7,9,11-12,17H,6,8,10H2,1-3H3,(H,24,30)/t11-,12-/m0/s1. The molecule has 0 aromatic carbocycles. The molecule has 11 heteroatoms. The fourth-order valence-electron chi connectivity index (χ4n) is 4.04. The molecule has 1 N–H and O–H groups in total. The summed E-state index contributed by atoms with van der Waals surface area (Å²) in [6, 6.07) is 2.13. The predicted molar refractivity (Wildman–Crippen MR) is 109 cm³/mol. The molecule has 1 amide bonds. The molecule has 5 heterocycles. The number of ether oxygens (including phenoxy) is 1. The van der Waals surface area contributed by atoms with Crippen LogP contribution in [0.2, 0.25) is 0 Å². The molecule has 2 fully saturated rings. The lowest BCUT2D eigenvalue weighted by molar-refractivity contribution is 0.0988. The number of hydrogen-bond donors (Lipinski definition) is 1. The first-order valence-corrected chi connectivity index (χ1v) is 10.1. The van der Waals surface area contributed by atoms with E-state index in [1.54, 1.807) is 6.20 Å². The zero-order chi connectivity index (χ0) is 21.9. The lowest BCUT2D eigenvalue weighted by Crippen LogP contribution is -2.37. The number of carbonyl (C=O) groups is 1. The number of alkyl halides is 2. The second-order valence-electron chi connectivity index (χ2n) is 8.91. The second-order valence-corrected chi connectivity index (χ2v) is 8.91. The normalized spacial score (nSPS) is 20.9. The van der Waals surface area contributed by atoms with Gasteiger partial charge in [-0.05, 0) is 33.3 Å². The summed E-state index contributed by atoms with van der Waals surface area (Å²) in [5, 5.41) is 10.7. The minimum atomic E-state index is -2.82. The minimum absolute atomic E-state index is 0.0283. The van der Waals surface area contributed by atoms with Gasteiger partial charge in [0.05, 0.1) is 36.2 Å². The number of fused-ring (bicyclic) bond motifs is 3.